The van der Waals surface area contributed by atoms with Crippen LogP contribution in [0.15, 0.2) is 64.5 Å². The maximum Gasteiger partial charge on any atom is 0.337 e. The fourth-order valence-corrected chi connectivity index (χ4v) is 3.63. The molecular formula is C21H20N2O3S. The number of amidine groups is 1. The summed E-state index contributed by atoms with van der Waals surface area (Å²) in [5.74, 6) is -0.430. The number of thioether (sulfide) groups is 1. The van der Waals surface area contributed by atoms with Gasteiger partial charge in [-0.3, -0.25) is 9.69 Å². The van der Waals surface area contributed by atoms with E-state index < -0.39 is 0 Å². The number of rotatable bonds is 5. The highest BCUT2D eigenvalue weighted by molar-refractivity contribution is 8.18. The van der Waals surface area contributed by atoms with Crippen LogP contribution in [0.25, 0.3) is 6.08 Å². The van der Waals surface area contributed by atoms with Gasteiger partial charge in [0.1, 0.15) is 0 Å². The molecule has 1 saturated heterocycles. The lowest BCUT2D eigenvalue weighted by atomic mass is 10.1. The summed E-state index contributed by atoms with van der Waals surface area (Å²) in [5.41, 5.74) is 2.14. The molecule has 0 bridgehead atoms. The number of esters is 1. The van der Waals surface area contributed by atoms with Gasteiger partial charge in [0.15, 0.2) is 5.17 Å². The highest BCUT2D eigenvalue weighted by Crippen LogP contribution is 2.34. The van der Waals surface area contributed by atoms with Gasteiger partial charge in [0.2, 0.25) is 0 Å². The van der Waals surface area contributed by atoms with Crippen molar-refractivity contribution in [2.75, 3.05) is 13.7 Å². The maximum absolute atomic E-state index is 12.8. The van der Waals surface area contributed by atoms with E-state index in [4.69, 9.17) is 4.74 Å². The van der Waals surface area contributed by atoms with E-state index in [0.29, 0.717) is 22.2 Å². The molecule has 2 aromatic carbocycles. The van der Waals surface area contributed by atoms with Gasteiger partial charge < -0.3 is 4.74 Å². The van der Waals surface area contributed by atoms with Crippen molar-refractivity contribution < 1.29 is 14.3 Å². The predicted molar refractivity (Wildman–Crippen MR) is 109 cm³/mol. The second-order valence-electron chi connectivity index (χ2n) is 5.91. The molecule has 138 valence electrons. The Bertz CT molecular complexity index is 889. The molecule has 0 atom stereocenters. The number of para-hydroxylation sites is 1. The number of ether oxygens (including phenoxy) is 1. The van der Waals surface area contributed by atoms with Crippen molar-refractivity contribution in [2.24, 2.45) is 4.99 Å². The second kappa shape index (κ2) is 8.68. The molecule has 0 unspecified atom stereocenters. The van der Waals surface area contributed by atoms with Crippen LogP contribution < -0.4 is 0 Å². The highest BCUT2D eigenvalue weighted by atomic mass is 32.2. The minimum Gasteiger partial charge on any atom is -0.465 e. The molecule has 1 aliphatic heterocycles. The van der Waals surface area contributed by atoms with Crippen LogP contribution in [0.4, 0.5) is 5.69 Å². The first-order valence-corrected chi connectivity index (χ1v) is 9.47. The van der Waals surface area contributed by atoms with Gasteiger partial charge in [0.05, 0.1) is 23.3 Å². The number of benzene rings is 2. The van der Waals surface area contributed by atoms with Crippen molar-refractivity contribution in [3.8, 4) is 0 Å². The number of aliphatic imine (C=N–C) groups is 1. The monoisotopic (exact) mass is 380 g/mol. The topological polar surface area (TPSA) is 59.0 Å². The lowest BCUT2D eigenvalue weighted by molar-refractivity contribution is -0.122. The molecule has 0 radical (unpaired) electrons. The number of hydrogen-bond acceptors (Lipinski definition) is 5. The Morgan fingerprint density at radius 3 is 2.48 bits per heavy atom. The lowest BCUT2D eigenvalue weighted by Crippen LogP contribution is -2.29. The summed E-state index contributed by atoms with van der Waals surface area (Å²) in [6.07, 6.45) is 2.67. The molecular weight excluding hydrogens is 360 g/mol. The van der Waals surface area contributed by atoms with E-state index in [0.717, 1.165) is 17.7 Å². The van der Waals surface area contributed by atoms with Crippen molar-refractivity contribution in [1.29, 1.82) is 0 Å². The van der Waals surface area contributed by atoms with Crippen LogP contribution >= 0.6 is 11.8 Å². The van der Waals surface area contributed by atoms with Crippen LogP contribution in [0.2, 0.25) is 0 Å². The third kappa shape index (κ3) is 4.46. The average molecular weight is 380 g/mol. The normalized spacial score (nSPS) is 17.0. The summed E-state index contributed by atoms with van der Waals surface area (Å²) in [7, 11) is 1.35. The third-order valence-corrected chi connectivity index (χ3v) is 4.95. The molecule has 5 nitrogen and oxygen atoms in total. The van der Waals surface area contributed by atoms with Crippen molar-refractivity contribution in [3.05, 3.63) is 70.6 Å². The highest BCUT2D eigenvalue weighted by Gasteiger charge is 2.32. The van der Waals surface area contributed by atoms with Gasteiger partial charge in [-0.05, 0) is 54.1 Å². The molecule has 0 saturated carbocycles. The average Bonchev–Trinajstić information content (AvgIpc) is 2.98. The maximum atomic E-state index is 12.8. The molecule has 3 rings (SSSR count). The van der Waals surface area contributed by atoms with Crippen LogP contribution in [-0.2, 0) is 9.53 Å². The first-order chi connectivity index (χ1) is 13.1. The minimum absolute atomic E-state index is 0.0476. The first-order valence-electron chi connectivity index (χ1n) is 8.66. The number of carbonyl (C=O) groups is 2. The number of methoxy groups -OCH3 is 1. The van der Waals surface area contributed by atoms with E-state index in [1.54, 1.807) is 29.2 Å². The van der Waals surface area contributed by atoms with E-state index in [9.17, 15) is 9.59 Å². The van der Waals surface area contributed by atoms with Gasteiger partial charge in [-0.1, -0.05) is 37.3 Å². The molecule has 0 aromatic heterocycles. The van der Waals surface area contributed by atoms with Gasteiger partial charge in [-0.2, -0.15) is 0 Å². The van der Waals surface area contributed by atoms with Gasteiger partial charge >= 0.3 is 5.97 Å². The van der Waals surface area contributed by atoms with Gasteiger partial charge in [-0.15, -0.1) is 0 Å². The Morgan fingerprint density at radius 2 is 1.85 bits per heavy atom. The second-order valence-corrected chi connectivity index (χ2v) is 6.92. The Kier molecular flexibility index (Phi) is 6.08. The summed E-state index contributed by atoms with van der Waals surface area (Å²) in [5, 5.41) is 0.686. The summed E-state index contributed by atoms with van der Waals surface area (Å²) in [6, 6.07) is 16.6. The van der Waals surface area contributed by atoms with Crippen molar-refractivity contribution in [2.45, 2.75) is 13.3 Å². The Hall–Kier alpha value is -2.86. The Morgan fingerprint density at radius 1 is 1.15 bits per heavy atom. The summed E-state index contributed by atoms with van der Waals surface area (Å²) in [4.78, 5) is 31.3. The number of nitrogens with zero attached hydrogens (tertiary/aromatic N) is 2. The van der Waals surface area contributed by atoms with Gasteiger partial charge in [-0.25, -0.2) is 9.79 Å². The van der Waals surface area contributed by atoms with Crippen LogP contribution in [0.1, 0.15) is 29.3 Å². The van der Waals surface area contributed by atoms with Crippen molar-refractivity contribution in [1.82, 2.24) is 4.90 Å². The molecule has 2 aromatic rings. The smallest absolute Gasteiger partial charge is 0.337 e. The number of amides is 1. The number of hydrogen-bond donors (Lipinski definition) is 0. The molecule has 27 heavy (non-hydrogen) atoms. The lowest BCUT2D eigenvalue weighted by Gasteiger charge is -2.13. The summed E-state index contributed by atoms with van der Waals surface area (Å²) in [6.45, 7) is 2.65. The predicted octanol–water partition coefficient (Wildman–Crippen LogP) is 4.49. The molecule has 0 N–H and O–H groups in total. The van der Waals surface area contributed by atoms with E-state index in [1.165, 1.54) is 18.9 Å². The zero-order valence-electron chi connectivity index (χ0n) is 15.2. The van der Waals surface area contributed by atoms with E-state index in [2.05, 4.69) is 4.99 Å². The molecule has 1 amide bonds. The standard InChI is InChI=1S/C21H20N2O3S/c1-3-13-23-19(24)18(27-21(23)22-17-7-5-4-6-8-17)14-15-9-11-16(12-10-15)20(25)26-2/h4-12,14H,3,13H2,1-2H3/b18-14+,22-21?. The van der Waals surface area contributed by atoms with Crippen LogP contribution in [0.3, 0.4) is 0 Å². The number of carbonyl (C=O) groups excluding carboxylic acids is 2. The summed E-state index contributed by atoms with van der Waals surface area (Å²) < 4.78 is 4.70. The fraction of sp³-hybridized carbons (Fsp3) is 0.190. The first kappa shape index (κ1) is 18.9. The largest absolute Gasteiger partial charge is 0.465 e. The fourth-order valence-electron chi connectivity index (χ4n) is 2.61. The quantitative estimate of drug-likeness (QED) is 0.567. The zero-order chi connectivity index (χ0) is 19.2. The SMILES string of the molecule is CCCN1C(=O)/C(=C\c2ccc(C(=O)OC)cc2)SC1=Nc1ccccc1. The van der Waals surface area contributed by atoms with Crippen LogP contribution in [-0.4, -0.2) is 35.6 Å². The van der Waals surface area contributed by atoms with Crippen LogP contribution in [0.5, 0.6) is 0 Å². The van der Waals surface area contributed by atoms with Gasteiger partial charge in [0.25, 0.3) is 5.91 Å². The van der Waals surface area contributed by atoms with E-state index >= 15 is 0 Å². The molecule has 0 aliphatic carbocycles. The Balaban J connectivity index is 1.87. The van der Waals surface area contributed by atoms with E-state index in [-0.39, 0.29) is 11.9 Å². The molecule has 1 aliphatic rings. The third-order valence-electron chi connectivity index (χ3n) is 3.95. The Labute approximate surface area is 162 Å². The molecule has 1 heterocycles. The molecule has 1 fully saturated rings. The summed E-state index contributed by atoms with van der Waals surface area (Å²) >= 11 is 1.37. The van der Waals surface area contributed by atoms with Crippen molar-refractivity contribution >= 4 is 40.6 Å². The molecule has 6 heteroatoms. The van der Waals surface area contributed by atoms with E-state index in [1.807, 2.05) is 43.3 Å². The van der Waals surface area contributed by atoms with Crippen LogP contribution in [0, 0.1) is 0 Å². The minimum atomic E-state index is -0.382. The zero-order valence-corrected chi connectivity index (χ0v) is 16.0. The van der Waals surface area contributed by atoms with Gasteiger partial charge in [0, 0.05) is 6.54 Å². The van der Waals surface area contributed by atoms with Crippen molar-refractivity contribution in [3.63, 3.8) is 0 Å². The molecule has 0 spiro atoms.